The van der Waals surface area contributed by atoms with E-state index in [2.05, 4.69) is 39.3 Å². The van der Waals surface area contributed by atoms with Crippen molar-refractivity contribution in [3.05, 3.63) is 91.9 Å². The number of nitrogens with zero attached hydrogens (tertiary/aromatic N) is 7. The lowest BCUT2D eigenvalue weighted by molar-refractivity contribution is -0.132. The molecule has 11 nitrogen and oxygen atoms in total. The second-order valence-corrected chi connectivity index (χ2v) is 14.1. The minimum absolute atomic E-state index is 0.101. The van der Waals surface area contributed by atoms with Gasteiger partial charge in [-0.1, -0.05) is 24.3 Å². The molecular weight excluding hydrogens is 614 g/mol. The Hall–Kier alpha value is -4.68. The molecule has 1 spiro atoms. The van der Waals surface area contributed by atoms with Gasteiger partial charge < -0.3 is 14.2 Å². The second kappa shape index (κ2) is 11.5. The number of hydrogen-bond acceptors (Lipinski definition) is 9. The Morgan fingerprint density at radius 1 is 1.04 bits per heavy atom. The number of likely N-dealkylation sites (tertiary alicyclic amines) is 1. The largest absolute Gasteiger partial charge is 0.437 e. The van der Waals surface area contributed by atoms with Gasteiger partial charge in [-0.25, -0.2) is 9.78 Å². The normalized spacial score (nSPS) is 21.1. The summed E-state index contributed by atoms with van der Waals surface area (Å²) in [6.07, 6.45) is 6.33. The molecule has 1 atom stereocenters. The van der Waals surface area contributed by atoms with Crippen LogP contribution in [0.3, 0.4) is 0 Å². The summed E-state index contributed by atoms with van der Waals surface area (Å²) in [5.74, 6) is 0.0688. The van der Waals surface area contributed by atoms with Crippen molar-refractivity contribution in [2.45, 2.75) is 32.7 Å². The summed E-state index contributed by atoms with van der Waals surface area (Å²) >= 11 is 1.64. The van der Waals surface area contributed by atoms with Gasteiger partial charge in [0, 0.05) is 56.2 Å². The Morgan fingerprint density at radius 2 is 1.85 bits per heavy atom. The number of carbonyl (C=O) groups is 2. The number of anilines is 1. The number of benzene rings is 2. The predicted molar refractivity (Wildman–Crippen MR) is 179 cm³/mol. The third-order valence-electron chi connectivity index (χ3n) is 9.98. The summed E-state index contributed by atoms with van der Waals surface area (Å²) in [7, 11) is 1.56. The zero-order valence-electron chi connectivity index (χ0n) is 26.4. The fraction of sp³-hybridized carbons (Fsp3) is 0.371. The van der Waals surface area contributed by atoms with Crippen molar-refractivity contribution in [1.82, 2.24) is 24.6 Å². The average Bonchev–Trinajstić information content (AvgIpc) is 3.92. The number of aromatic nitrogens is 3. The highest BCUT2D eigenvalue weighted by molar-refractivity contribution is 7.13. The fourth-order valence-electron chi connectivity index (χ4n) is 7.30. The van der Waals surface area contributed by atoms with Gasteiger partial charge in [0.05, 0.1) is 34.1 Å². The summed E-state index contributed by atoms with van der Waals surface area (Å²) in [5, 5.41) is 5.12. The molecule has 6 heterocycles. The Morgan fingerprint density at radius 3 is 2.57 bits per heavy atom. The van der Waals surface area contributed by atoms with Crippen LogP contribution in [0.15, 0.2) is 68.9 Å². The van der Waals surface area contributed by atoms with Gasteiger partial charge >= 0.3 is 5.76 Å². The fourth-order valence-corrected chi connectivity index (χ4v) is 8.10. The molecule has 4 aliphatic rings. The van der Waals surface area contributed by atoms with Crippen LogP contribution in [0.1, 0.15) is 45.8 Å². The van der Waals surface area contributed by atoms with E-state index < -0.39 is 11.2 Å². The lowest BCUT2D eigenvalue weighted by Crippen LogP contribution is -2.43. The third-order valence-corrected chi connectivity index (χ3v) is 10.9. The molecule has 47 heavy (non-hydrogen) atoms. The lowest BCUT2D eigenvalue weighted by atomic mass is 9.85. The van der Waals surface area contributed by atoms with E-state index in [0.29, 0.717) is 45.2 Å². The van der Waals surface area contributed by atoms with Crippen LogP contribution < -0.4 is 10.7 Å². The van der Waals surface area contributed by atoms with Crippen molar-refractivity contribution in [3.63, 3.8) is 0 Å². The Kier molecular flexibility index (Phi) is 7.29. The quantitative estimate of drug-likeness (QED) is 0.311. The molecule has 0 bridgehead atoms. The molecule has 4 aromatic rings. The number of hydrogen-bond donors (Lipinski definition) is 0. The average molecular weight is 650 g/mol. The molecule has 0 N–H and O–H groups in total. The standard InChI is InChI=1S/C35H35N7O4S/c1-22-36-19-29(47-22)31-28-17-27(8-7-26(28)18-37-31)42-16-12-35(33(42)44)11-15-40(21-35)20-30(43)41-13-9-24(10-14-41)23-3-5-25(6-4-23)32-38-39(2)34(45)46-32/h3-9,17,19H,10-16,18,20-21H2,1-2H3/t35-/m0/s1. The molecular formula is C35H35N7O4S. The summed E-state index contributed by atoms with van der Waals surface area (Å²) < 4.78 is 6.36. The monoisotopic (exact) mass is 649 g/mol. The molecule has 0 unspecified atom stereocenters. The van der Waals surface area contributed by atoms with E-state index in [-0.39, 0.29) is 11.8 Å². The van der Waals surface area contributed by atoms with E-state index in [1.807, 2.05) is 47.2 Å². The molecule has 2 saturated heterocycles. The summed E-state index contributed by atoms with van der Waals surface area (Å²) in [5.41, 5.74) is 6.72. The molecule has 0 radical (unpaired) electrons. The summed E-state index contributed by atoms with van der Waals surface area (Å²) in [6.45, 7) is 6.23. The van der Waals surface area contributed by atoms with Crippen molar-refractivity contribution < 1.29 is 14.0 Å². The first kappa shape index (κ1) is 29.7. The van der Waals surface area contributed by atoms with Crippen molar-refractivity contribution in [2.24, 2.45) is 17.5 Å². The van der Waals surface area contributed by atoms with Crippen LogP contribution in [0.5, 0.6) is 0 Å². The Labute approximate surface area is 275 Å². The van der Waals surface area contributed by atoms with Gasteiger partial charge in [-0.15, -0.1) is 16.4 Å². The van der Waals surface area contributed by atoms with Crippen LogP contribution in [0.4, 0.5) is 5.69 Å². The maximum Gasteiger partial charge on any atom is 0.437 e. The highest BCUT2D eigenvalue weighted by atomic mass is 32.1. The minimum atomic E-state index is -0.493. The van der Waals surface area contributed by atoms with Crippen LogP contribution >= 0.6 is 11.3 Å². The van der Waals surface area contributed by atoms with Gasteiger partial charge in [-0.3, -0.25) is 19.5 Å². The number of aliphatic imine (C=N–C) groups is 1. The molecule has 2 aromatic heterocycles. The van der Waals surface area contributed by atoms with Gasteiger partial charge in [0.1, 0.15) is 0 Å². The van der Waals surface area contributed by atoms with Crippen molar-refractivity contribution >= 4 is 40.1 Å². The van der Waals surface area contributed by atoms with Gasteiger partial charge in [0.25, 0.3) is 0 Å². The Bertz CT molecular complexity index is 2020. The first-order valence-corrected chi connectivity index (χ1v) is 16.8. The van der Waals surface area contributed by atoms with E-state index in [4.69, 9.17) is 9.41 Å². The van der Waals surface area contributed by atoms with Gasteiger partial charge in [0.2, 0.25) is 17.7 Å². The second-order valence-electron chi connectivity index (χ2n) is 12.9. The number of aryl methyl sites for hydroxylation is 2. The number of carbonyl (C=O) groups excluding carboxylic acids is 2. The molecule has 240 valence electrons. The molecule has 2 aromatic carbocycles. The predicted octanol–water partition coefficient (Wildman–Crippen LogP) is 3.90. The minimum Gasteiger partial charge on any atom is -0.388 e. The number of amides is 2. The highest BCUT2D eigenvalue weighted by Crippen LogP contribution is 2.43. The Balaban J connectivity index is 0.881. The van der Waals surface area contributed by atoms with Crippen LogP contribution in [0, 0.1) is 12.3 Å². The number of fused-ring (bicyclic) bond motifs is 1. The van der Waals surface area contributed by atoms with Crippen LogP contribution in [0.2, 0.25) is 0 Å². The van der Waals surface area contributed by atoms with E-state index >= 15 is 0 Å². The van der Waals surface area contributed by atoms with Gasteiger partial charge in [-0.05, 0) is 73.7 Å². The van der Waals surface area contributed by atoms with Gasteiger partial charge in [-0.2, -0.15) is 4.68 Å². The van der Waals surface area contributed by atoms with Crippen LogP contribution in [-0.4, -0.2) is 81.4 Å². The molecule has 12 heteroatoms. The van der Waals surface area contributed by atoms with Crippen LogP contribution in [-0.2, 0) is 23.2 Å². The molecule has 4 aliphatic heterocycles. The van der Waals surface area contributed by atoms with Crippen LogP contribution in [0.25, 0.3) is 17.0 Å². The third kappa shape index (κ3) is 5.35. The SMILES string of the molecule is Cc1ncc(C2=NCc3ccc(N4CC[C@]5(CCN(CC(=O)N6CC=C(c7ccc(-c8nn(C)c(=O)o8)cc7)CC6)C5)C4=O)cc32)s1. The molecule has 2 fully saturated rings. The molecule has 8 rings (SSSR count). The topological polar surface area (TPSA) is 117 Å². The first-order chi connectivity index (χ1) is 22.8. The van der Waals surface area contributed by atoms with Gasteiger partial charge in [0.15, 0.2) is 0 Å². The lowest BCUT2D eigenvalue weighted by Gasteiger charge is -2.29. The summed E-state index contributed by atoms with van der Waals surface area (Å²) in [6, 6.07) is 14.1. The number of rotatable bonds is 6. The van der Waals surface area contributed by atoms with E-state index in [1.165, 1.54) is 15.8 Å². The smallest absolute Gasteiger partial charge is 0.388 e. The van der Waals surface area contributed by atoms with Crippen molar-refractivity contribution in [2.75, 3.05) is 44.2 Å². The maximum atomic E-state index is 13.9. The molecule has 0 aliphatic carbocycles. The van der Waals surface area contributed by atoms with E-state index in [1.54, 1.807) is 18.4 Å². The zero-order valence-corrected chi connectivity index (χ0v) is 27.3. The van der Waals surface area contributed by atoms with Crippen molar-refractivity contribution in [1.29, 1.82) is 0 Å². The molecule has 2 amide bonds. The zero-order chi connectivity index (χ0) is 32.3. The van der Waals surface area contributed by atoms with E-state index in [0.717, 1.165) is 63.8 Å². The first-order valence-electron chi connectivity index (χ1n) is 16.0. The van der Waals surface area contributed by atoms with Crippen molar-refractivity contribution in [3.8, 4) is 11.5 Å². The summed E-state index contributed by atoms with van der Waals surface area (Å²) in [4.78, 5) is 55.2. The maximum absolute atomic E-state index is 13.9. The molecule has 0 saturated carbocycles. The van der Waals surface area contributed by atoms with E-state index in [9.17, 15) is 14.4 Å². The highest BCUT2D eigenvalue weighted by Gasteiger charge is 2.51. The number of thiazole rings is 1.